The number of H-pyrrole nitrogens is 1. The maximum Gasteiger partial charge on any atom is 0.275 e. The van der Waals surface area contributed by atoms with Crippen molar-refractivity contribution in [3.05, 3.63) is 40.5 Å². The summed E-state index contributed by atoms with van der Waals surface area (Å²) in [6.07, 6.45) is 9.06. The highest BCUT2D eigenvalue weighted by molar-refractivity contribution is 5.94. The molecule has 0 saturated carbocycles. The van der Waals surface area contributed by atoms with Gasteiger partial charge in [-0.1, -0.05) is 0 Å². The summed E-state index contributed by atoms with van der Waals surface area (Å²) < 4.78 is 1.85. The Balaban J connectivity index is 1.33. The van der Waals surface area contributed by atoms with Gasteiger partial charge in [-0.2, -0.15) is 10.2 Å². The third kappa shape index (κ3) is 3.18. The van der Waals surface area contributed by atoms with E-state index in [9.17, 15) is 4.79 Å². The number of rotatable bonds is 3. The summed E-state index contributed by atoms with van der Waals surface area (Å²) in [5.41, 5.74) is 11.8. The largest absolute Gasteiger partial charge is 0.355 e. The third-order valence-corrected chi connectivity index (χ3v) is 7.26. The van der Waals surface area contributed by atoms with Crippen molar-refractivity contribution in [2.45, 2.75) is 64.0 Å². The number of nitrogens with zero attached hydrogens (tertiary/aromatic N) is 6. The highest BCUT2D eigenvalue weighted by atomic mass is 16.2. The Kier molecular flexibility index (Phi) is 4.67. The molecule has 3 N–H and O–H groups in total. The molecule has 168 valence electrons. The second-order valence-electron chi connectivity index (χ2n) is 9.51. The predicted octanol–water partition coefficient (Wildman–Crippen LogP) is 2.15. The number of piperidine rings is 1. The first kappa shape index (κ1) is 19.7. The van der Waals surface area contributed by atoms with E-state index < -0.39 is 0 Å². The minimum absolute atomic E-state index is 0.0297. The van der Waals surface area contributed by atoms with Gasteiger partial charge in [-0.15, -0.1) is 0 Å². The lowest BCUT2D eigenvalue weighted by molar-refractivity contribution is 0.0598. The van der Waals surface area contributed by atoms with Gasteiger partial charge in [0.2, 0.25) is 0 Å². The molecule has 5 heterocycles. The monoisotopic (exact) mass is 434 g/mol. The number of aryl methyl sites for hydroxylation is 2. The molecule has 0 aromatic carbocycles. The summed E-state index contributed by atoms with van der Waals surface area (Å²) in [6.45, 7) is 4.58. The van der Waals surface area contributed by atoms with E-state index in [4.69, 9.17) is 15.8 Å². The molecule has 0 unspecified atom stereocenters. The van der Waals surface area contributed by atoms with Crippen LogP contribution in [0.15, 0.2) is 12.3 Å². The van der Waals surface area contributed by atoms with Crippen LogP contribution in [0.1, 0.15) is 71.1 Å². The molecule has 6 rings (SSSR count). The first-order valence-electron chi connectivity index (χ1n) is 11.8. The van der Waals surface area contributed by atoms with Gasteiger partial charge in [0.25, 0.3) is 5.91 Å². The maximum atomic E-state index is 13.5. The van der Waals surface area contributed by atoms with E-state index in [0.717, 1.165) is 98.6 Å². The Morgan fingerprint density at radius 3 is 2.94 bits per heavy atom. The van der Waals surface area contributed by atoms with Gasteiger partial charge in [0.05, 0.1) is 11.7 Å². The number of nitrogens with one attached hydrogen (secondary N) is 1. The molecule has 0 radical (unpaired) electrons. The van der Waals surface area contributed by atoms with Crippen molar-refractivity contribution in [1.29, 1.82) is 0 Å². The number of hydrogen-bond donors (Lipinski definition) is 2. The number of likely N-dealkylation sites (tertiary alicyclic amines) is 1. The number of nitrogens with two attached hydrogens (primary N) is 1. The fraction of sp³-hybridized carbons (Fsp3) is 0.565. The molecule has 1 amide bonds. The number of amides is 1. The third-order valence-electron chi connectivity index (χ3n) is 7.26. The zero-order valence-corrected chi connectivity index (χ0v) is 18.5. The van der Waals surface area contributed by atoms with Crippen LogP contribution >= 0.6 is 0 Å². The number of carbonyl (C=O) groups is 1. The predicted molar refractivity (Wildman–Crippen MR) is 121 cm³/mol. The van der Waals surface area contributed by atoms with Crippen molar-refractivity contribution < 1.29 is 4.79 Å². The van der Waals surface area contributed by atoms with Crippen LogP contribution in [0.4, 0.5) is 5.82 Å². The van der Waals surface area contributed by atoms with Crippen LogP contribution < -0.4 is 10.6 Å². The molecular formula is C23H30N8O. The van der Waals surface area contributed by atoms with Crippen molar-refractivity contribution in [3.8, 4) is 0 Å². The number of aromatic amines is 1. The Hall–Kier alpha value is -2.94. The summed E-state index contributed by atoms with van der Waals surface area (Å²) in [5, 5.41) is 12.3. The molecule has 0 spiro atoms. The van der Waals surface area contributed by atoms with Crippen molar-refractivity contribution in [2.24, 2.45) is 5.73 Å². The van der Waals surface area contributed by atoms with E-state index in [2.05, 4.69) is 22.0 Å². The second-order valence-corrected chi connectivity index (χ2v) is 9.51. The van der Waals surface area contributed by atoms with E-state index in [1.165, 1.54) is 0 Å². The van der Waals surface area contributed by atoms with Crippen LogP contribution in [-0.2, 0) is 12.8 Å². The van der Waals surface area contributed by atoms with E-state index >= 15 is 0 Å². The number of anilines is 1. The van der Waals surface area contributed by atoms with Crippen LogP contribution in [0.25, 0.3) is 5.65 Å². The fourth-order valence-electron chi connectivity index (χ4n) is 5.60. The highest BCUT2D eigenvalue weighted by Gasteiger charge is 2.34. The van der Waals surface area contributed by atoms with Gasteiger partial charge in [-0.25, -0.2) is 9.50 Å². The van der Waals surface area contributed by atoms with Gasteiger partial charge < -0.3 is 15.5 Å². The first-order valence-corrected chi connectivity index (χ1v) is 11.8. The minimum Gasteiger partial charge on any atom is -0.355 e. The smallest absolute Gasteiger partial charge is 0.275 e. The molecule has 32 heavy (non-hydrogen) atoms. The van der Waals surface area contributed by atoms with Gasteiger partial charge >= 0.3 is 0 Å². The lowest BCUT2D eigenvalue weighted by Gasteiger charge is -2.34. The minimum atomic E-state index is -0.0457. The molecular weight excluding hydrogens is 404 g/mol. The van der Waals surface area contributed by atoms with Gasteiger partial charge in [0, 0.05) is 54.8 Å². The van der Waals surface area contributed by atoms with Crippen molar-refractivity contribution in [3.63, 3.8) is 0 Å². The maximum absolute atomic E-state index is 13.5. The van der Waals surface area contributed by atoms with Gasteiger partial charge in [0.15, 0.2) is 11.3 Å². The van der Waals surface area contributed by atoms with E-state index in [1.807, 2.05) is 21.7 Å². The SMILES string of the molecule is Cc1cn2nc([C@@H]3CCCCN3C(=O)c3n[nH]c4c3CCC4)cc2nc1N1CC[C@H](N)C1. The molecule has 2 saturated heterocycles. The summed E-state index contributed by atoms with van der Waals surface area (Å²) >= 11 is 0. The quantitative estimate of drug-likeness (QED) is 0.654. The summed E-state index contributed by atoms with van der Waals surface area (Å²) in [5.74, 6) is 1.02. The Morgan fingerprint density at radius 2 is 2.09 bits per heavy atom. The molecule has 0 bridgehead atoms. The lowest BCUT2D eigenvalue weighted by atomic mass is 9.98. The average molecular weight is 435 g/mol. The number of aromatic nitrogens is 5. The Morgan fingerprint density at radius 1 is 1.19 bits per heavy atom. The summed E-state index contributed by atoms with van der Waals surface area (Å²) in [7, 11) is 0. The Bertz CT molecular complexity index is 1180. The van der Waals surface area contributed by atoms with Crippen LogP contribution in [-0.4, -0.2) is 61.3 Å². The molecule has 3 aromatic rings. The van der Waals surface area contributed by atoms with Gasteiger partial charge in [-0.3, -0.25) is 9.89 Å². The fourth-order valence-corrected chi connectivity index (χ4v) is 5.60. The van der Waals surface area contributed by atoms with Crippen molar-refractivity contribution in [1.82, 2.24) is 29.7 Å². The molecule has 2 aliphatic heterocycles. The van der Waals surface area contributed by atoms with Crippen molar-refractivity contribution >= 4 is 17.4 Å². The molecule has 9 heteroatoms. The molecule has 3 aliphatic rings. The van der Waals surface area contributed by atoms with Crippen LogP contribution in [0.2, 0.25) is 0 Å². The second kappa shape index (κ2) is 7.58. The topological polar surface area (TPSA) is 108 Å². The normalized spacial score (nSPS) is 23.3. The summed E-state index contributed by atoms with van der Waals surface area (Å²) in [6, 6.07) is 2.21. The van der Waals surface area contributed by atoms with E-state index in [-0.39, 0.29) is 18.0 Å². The van der Waals surface area contributed by atoms with E-state index in [1.54, 1.807) is 0 Å². The molecule has 3 aromatic heterocycles. The van der Waals surface area contributed by atoms with Crippen LogP contribution in [0.3, 0.4) is 0 Å². The first-order chi connectivity index (χ1) is 15.6. The lowest BCUT2D eigenvalue weighted by Crippen LogP contribution is -2.39. The highest BCUT2D eigenvalue weighted by Crippen LogP contribution is 2.34. The molecule has 2 fully saturated rings. The van der Waals surface area contributed by atoms with Crippen molar-refractivity contribution in [2.75, 3.05) is 24.5 Å². The standard InChI is InChI=1S/C23H30N8O/c1-14-12-31-20(25-22(14)29-10-8-15(24)13-29)11-18(28-31)19-7-2-3-9-30(19)23(32)21-16-5-4-6-17(16)26-27-21/h11-12,15,19H,2-10,13,24H2,1H3,(H,26,27)/t15-,19-/m0/s1. The molecule has 1 aliphatic carbocycles. The average Bonchev–Trinajstić information content (AvgIpc) is 3.56. The number of fused-ring (bicyclic) bond motifs is 2. The Labute approximate surface area is 187 Å². The van der Waals surface area contributed by atoms with Gasteiger partial charge in [-0.05, 0) is 51.9 Å². The zero-order valence-electron chi connectivity index (χ0n) is 18.5. The molecule has 9 nitrogen and oxygen atoms in total. The number of hydrogen-bond acceptors (Lipinski definition) is 6. The summed E-state index contributed by atoms with van der Waals surface area (Å²) in [4.78, 5) is 22.7. The van der Waals surface area contributed by atoms with E-state index in [0.29, 0.717) is 5.69 Å². The van der Waals surface area contributed by atoms with Gasteiger partial charge in [0.1, 0.15) is 5.82 Å². The zero-order chi connectivity index (χ0) is 21.8. The van der Waals surface area contributed by atoms with Crippen LogP contribution in [0.5, 0.6) is 0 Å². The molecule has 2 atom stereocenters. The van der Waals surface area contributed by atoms with Crippen LogP contribution in [0, 0.1) is 6.92 Å². The number of carbonyl (C=O) groups excluding carboxylic acids is 1.